The summed E-state index contributed by atoms with van der Waals surface area (Å²) in [7, 11) is 7.78. The van der Waals surface area contributed by atoms with E-state index in [4.69, 9.17) is 9.84 Å². The van der Waals surface area contributed by atoms with Crippen LogP contribution in [0.15, 0.2) is 48.7 Å². The van der Waals surface area contributed by atoms with Gasteiger partial charge in [-0.05, 0) is 58.4 Å². The zero-order valence-corrected chi connectivity index (χ0v) is 20.2. The third-order valence-corrected chi connectivity index (χ3v) is 5.53. The summed E-state index contributed by atoms with van der Waals surface area (Å²) < 4.78 is 5.57. The molecule has 33 heavy (non-hydrogen) atoms. The van der Waals surface area contributed by atoms with Crippen LogP contribution in [0, 0.1) is 0 Å². The molecule has 2 unspecified atom stereocenters. The fraction of sp³-hybridized carbons (Fsp3) is 0.400. The Balaban J connectivity index is 0.000000479. The SMILES string of the molecule is CC(CO)N(C)C.CC(COc1ncc(-c2cccc3ccccc23)c(C(=O)O)n1)N(C)C. The van der Waals surface area contributed by atoms with Gasteiger partial charge in [-0.1, -0.05) is 42.5 Å². The first-order valence-electron chi connectivity index (χ1n) is 10.8. The Kier molecular flexibility index (Phi) is 9.72. The molecule has 0 spiro atoms. The van der Waals surface area contributed by atoms with E-state index >= 15 is 0 Å². The molecule has 0 saturated heterocycles. The number of aliphatic hydroxyl groups excluding tert-OH is 1. The number of nitrogens with zero attached hydrogens (tertiary/aromatic N) is 4. The molecule has 0 aliphatic rings. The number of aliphatic hydroxyl groups is 1. The number of hydrogen-bond acceptors (Lipinski definition) is 7. The molecule has 178 valence electrons. The van der Waals surface area contributed by atoms with Crippen LogP contribution in [0.5, 0.6) is 6.01 Å². The van der Waals surface area contributed by atoms with Crippen LogP contribution in [-0.4, -0.2) is 89.4 Å². The van der Waals surface area contributed by atoms with E-state index in [-0.39, 0.29) is 24.4 Å². The lowest BCUT2D eigenvalue weighted by Gasteiger charge is -2.19. The van der Waals surface area contributed by atoms with E-state index in [2.05, 4.69) is 9.97 Å². The van der Waals surface area contributed by atoms with Gasteiger partial charge in [0.1, 0.15) is 6.61 Å². The Morgan fingerprint density at radius 3 is 2.18 bits per heavy atom. The molecule has 0 saturated carbocycles. The molecule has 1 aromatic heterocycles. The number of aromatic carboxylic acids is 1. The quantitative estimate of drug-likeness (QED) is 0.535. The second-order valence-corrected chi connectivity index (χ2v) is 8.37. The van der Waals surface area contributed by atoms with Gasteiger partial charge in [0.15, 0.2) is 5.69 Å². The van der Waals surface area contributed by atoms with E-state index in [0.29, 0.717) is 18.2 Å². The maximum Gasteiger partial charge on any atom is 0.355 e. The van der Waals surface area contributed by atoms with E-state index in [0.717, 1.165) is 16.3 Å². The highest BCUT2D eigenvalue weighted by molar-refractivity contribution is 6.02. The highest BCUT2D eigenvalue weighted by atomic mass is 16.5. The van der Waals surface area contributed by atoms with Gasteiger partial charge in [0.25, 0.3) is 0 Å². The molecule has 0 aliphatic carbocycles. The Labute approximate surface area is 195 Å². The Morgan fingerprint density at radius 1 is 0.970 bits per heavy atom. The Morgan fingerprint density at radius 2 is 1.61 bits per heavy atom. The summed E-state index contributed by atoms with van der Waals surface area (Å²) in [5.74, 6) is -1.11. The van der Waals surface area contributed by atoms with E-state index in [9.17, 15) is 9.90 Å². The number of benzene rings is 2. The molecule has 3 rings (SSSR count). The molecule has 0 fully saturated rings. The summed E-state index contributed by atoms with van der Waals surface area (Å²) in [6.07, 6.45) is 1.52. The lowest BCUT2D eigenvalue weighted by molar-refractivity contribution is 0.0689. The molecule has 0 bridgehead atoms. The second-order valence-electron chi connectivity index (χ2n) is 8.37. The molecular formula is C25H34N4O4. The molecule has 2 atom stereocenters. The normalized spacial score (nSPS) is 12.9. The van der Waals surface area contributed by atoms with Crippen molar-refractivity contribution in [2.24, 2.45) is 0 Å². The maximum absolute atomic E-state index is 11.8. The minimum atomic E-state index is -1.11. The predicted octanol–water partition coefficient (Wildman–Crippen LogP) is 3.25. The molecule has 2 aromatic carbocycles. The summed E-state index contributed by atoms with van der Waals surface area (Å²) in [4.78, 5) is 24.1. The van der Waals surface area contributed by atoms with Crippen molar-refractivity contribution in [3.05, 3.63) is 54.4 Å². The first kappa shape index (κ1) is 26.2. The van der Waals surface area contributed by atoms with Gasteiger partial charge in [0.05, 0.1) is 6.61 Å². The van der Waals surface area contributed by atoms with Crippen LogP contribution in [0.4, 0.5) is 0 Å². The molecule has 0 amide bonds. The second kappa shape index (κ2) is 12.2. The van der Waals surface area contributed by atoms with E-state index in [1.807, 2.05) is 94.3 Å². The van der Waals surface area contributed by atoms with Gasteiger partial charge in [-0.15, -0.1) is 0 Å². The smallest absolute Gasteiger partial charge is 0.355 e. The minimum Gasteiger partial charge on any atom is -0.476 e. The number of carboxylic acid groups (broad SMARTS) is 1. The summed E-state index contributed by atoms with van der Waals surface area (Å²) in [5.41, 5.74) is 1.19. The lowest BCUT2D eigenvalue weighted by atomic mass is 9.98. The number of aromatic nitrogens is 2. The molecular weight excluding hydrogens is 420 g/mol. The zero-order chi connectivity index (χ0) is 24.5. The first-order chi connectivity index (χ1) is 15.6. The third-order valence-electron chi connectivity index (χ3n) is 5.53. The summed E-state index contributed by atoms with van der Waals surface area (Å²) in [6.45, 7) is 4.59. The molecule has 8 heteroatoms. The van der Waals surface area contributed by atoms with Crippen LogP contribution in [0.3, 0.4) is 0 Å². The van der Waals surface area contributed by atoms with Gasteiger partial charge < -0.3 is 24.7 Å². The molecule has 8 nitrogen and oxygen atoms in total. The van der Waals surface area contributed by atoms with Crippen molar-refractivity contribution in [2.75, 3.05) is 41.4 Å². The number of rotatable bonds is 8. The van der Waals surface area contributed by atoms with Crippen LogP contribution in [-0.2, 0) is 0 Å². The van der Waals surface area contributed by atoms with Gasteiger partial charge in [0, 0.05) is 23.8 Å². The van der Waals surface area contributed by atoms with Crippen LogP contribution in [0.2, 0.25) is 0 Å². The van der Waals surface area contributed by atoms with Gasteiger partial charge >= 0.3 is 12.0 Å². The van der Waals surface area contributed by atoms with Crippen molar-refractivity contribution in [1.29, 1.82) is 0 Å². The van der Waals surface area contributed by atoms with Crippen LogP contribution < -0.4 is 4.74 Å². The molecule has 3 aromatic rings. The van der Waals surface area contributed by atoms with Crippen molar-refractivity contribution >= 4 is 16.7 Å². The highest BCUT2D eigenvalue weighted by Crippen LogP contribution is 2.30. The molecule has 0 aliphatic heterocycles. The van der Waals surface area contributed by atoms with Gasteiger partial charge in [-0.3, -0.25) is 0 Å². The van der Waals surface area contributed by atoms with E-state index in [1.54, 1.807) is 0 Å². The first-order valence-corrected chi connectivity index (χ1v) is 10.8. The van der Waals surface area contributed by atoms with Gasteiger partial charge in [-0.2, -0.15) is 4.98 Å². The number of fused-ring (bicyclic) bond motifs is 1. The van der Waals surface area contributed by atoms with Gasteiger partial charge in [0.2, 0.25) is 0 Å². The van der Waals surface area contributed by atoms with Crippen molar-refractivity contribution in [2.45, 2.75) is 25.9 Å². The Hall–Kier alpha value is -3.07. The third kappa shape index (κ3) is 7.21. The zero-order valence-electron chi connectivity index (χ0n) is 20.2. The molecule has 0 radical (unpaired) electrons. The predicted molar refractivity (Wildman–Crippen MR) is 131 cm³/mol. The summed E-state index contributed by atoms with van der Waals surface area (Å²) in [5, 5.41) is 20.1. The van der Waals surface area contributed by atoms with Crippen LogP contribution in [0.1, 0.15) is 24.3 Å². The van der Waals surface area contributed by atoms with Crippen LogP contribution >= 0.6 is 0 Å². The number of likely N-dealkylation sites (N-methyl/N-ethyl adjacent to an activating group) is 2. The maximum atomic E-state index is 11.8. The fourth-order valence-corrected chi connectivity index (χ4v) is 2.76. The van der Waals surface area contributed by atoms with E-state index in [1.165, 1.54) is 6.20 Å². The lowest BCUT2D eigenvalue weighted by Crippen LogP contribution is -2.30. The molecule has 2 N–H and O–H groups in total. The monoisotopic (exact) mass is 454 g/mol. The van der Waals surface area contributed by atoms with Gasteiger partial charge in [-0.25, -0.2) is 9.78 Å². The average Bonchev–Trinajstić information content (AvgIpc) is 2.81. The van der Waals surface area contributed by atoms with Crippen LogP contribution in [0.25, 0.3) is 21.9 Å². The number of ether oxygens (including phenoxy) is 1. The van der Waals surface area contributed by atoms with E-state index < -0.39 is 5.97 Å². The Bertz CT molecular complexity index is 1050. The molecule has 1 heterocycles. The van der Waals surface area contributed by atoms with Crippen molar-refractivity contribution in [1.82, 2.24) is 19.8 Å². The highest BCUT2D eigenvalue weighted by Gasteiger charge is 2.18. The fourth-order valence-electron chi connectivity index (χ4n) is 2.76. The minimum absolute atomic E-state index is 0.0659. The number of carboxylic acids is 1. The summed E-state index contributed by atoms with van der Waals surface area (Å²) in [6, 6.07) is 14.1. The number of hydrogen-bond donors (Lipinski definition) is 2. The largest absolute Gasteiger partial charge is 0.476 e. The average molecular weight is 455 g/mol. The standard InChI is InChI=1S/C20H21N3O3.C5H13NO/c1-13(23(2)3)12-26-20-21-11-17(18(22-20)19(24)25)16-10-6-8-14-7-4-5-9-15(14)16;1-5(4-7)6(2)3/h4-11,13H,12H2,1-3H3,(H,24,25);5,7H,4H2,1-3H3. The van der Waals surface area contributed by atoms with Crippen molar-refractivity contribution < 1.29 is 19.7 Å². The van der Waals surface area contributed by atoms with Crippen molar-refractivity contribution in [3.8, 4) is 17.1 Å². The number of carbonyl (C=O) groups is 1. The topological polar surface area (TPSA) is 99.0 Å². The summed E-state index contributed by atoms with van der Waals surface area (Å²) >= 11 is 0. The van der Waals surface area contributed by atoms with Crippen molar-refractivity contribution in [3.63, 3.8) is 0 Å².